The fraction of sp³-hybridized carbons (Fsp3) is 0.667. The van der Waals surface area contributed by atoms with Gasteiger partial charge in [-0.3, -0.25) is 19.2 Å². The van der Waals surface area contributed by atoms with Gasteiger partial charge in [-0.15, -0.1) is 0 Å². The Kier molecular flexibility index (Phi) is 11.9. The van der Waals surface area contributed by atoms with E-state index >= 15 is 0 Å². The minimum atomic E-state index is -2.90. The van der Waals surface area contributed by atoms with Gasteiger partial charge in [-0.1, -0.05) is 0 Å². The van der Waals surface area contributed by atoms with Crippen molar-refractivity contribution >= 4 is 67.6 Å². The first-order chi connectivity index (χ1) is 11.6. The molecule has 0 spiro atoms. The number of carboxylic acids is 2. The molecule has 0 aliphatic heterocycles. The Morgan fingerprint density at radius 3 is 1.89 bits per heavy atom. The van der Waals surface area contributed by atoms with Crippen LogP contribution in [0.25, 0.3) is 0 Å². The molecule has 0 aromatic heterocycles. The number of carboxylic acid groups (broad SMARTS) is 2. The zero-order valence-corrected chi connectivity index (χ0v) is 15.1. The molecule has 0 aliphatic rings. The van der Waals surface area contributed by atoms with Crippen LogP contribution in [0.1, 0.15) is 26.2 Å². The van der Waals surface area contributed by atoms with Gasteiger partial charge in [0.25, 0.3) is 0 Å². The van der Waals surface area contributed by atoms with Crippen LogP contribution in [-0.4, -0.2) is 127 Å². The predicted molar refractivity (Wildman–Crippen MR) is 92.2 cm³/mol. The molecule has 152 valence electrons. The molecule has 0 aromatic carbocycles. The number of quaternary nitrogens is 1. The summed E-state index contributed by atoms with van der Waals surface area (Å²) in [5, 5.41) is 27.2. The van der Waals surface area contributed by atoms with E-state index in [0.29, 0.717) is 4.48 Å². The number of rotatable bonds is 10. The van der Waals surface area contributed by atoms with Crippen molar-refractivity contribution < 1.29 is 53.2 Å². The van der Waals surface area contributed by atoms with Gasteiger partial charge in [0.2, 0.25) is 0 Å². The third-order valence-corrected chi connectivity index (χ3v) is 2.98. The zero-order chi connectivity index (χ0) is 20.7. The van der Waals surface area contributed by atoms with E-state index in [1.54, 1.807) is 21.1 Å². The summed E-state index contributed by atoms with van der Waals surface area (Å²) in [7, 11) is 5.35. The van der Waals surface area contributed by atoms with Gasteiger partial charge >= 0.3 is 67.6 Å². The molecule has 0 aromatic rings. The van der Waals surface area contributed by atoms with Gasteiger partial charge in [0.15, 0.2) is 11.7 Å². The van der Waals surface area contributed by atoms with Crippen LogP contribution in [-0.2, 0) is 33.4 Å². The molecule has 3 N–H and O–H groups in total. The van der Waals surface area contributed by atoms with Crippen molar-refractivity contribution in [1.82, 2.24) is 0 Å². The topological polar surface area (TPSA) is 165 Å². The first-order valence-electron chi connectivity index (χ1n) is 7.53. The quantitative estimate of drug-likeness (QED) is 0.153. The van der Waals surface area contributed by atoms with Crippen molar-refractivity contribution in [3.05, 3.63) is 0 Å². The normalized spacial score (nSPS) is 14.1. The van der Waals surface area contributed by atoms with Crippen LogP contribution in [0.3, 0.4) is 0 Å². The molecule has 0 radical (unpaired) electrons. The number of carbonyl (C=O) groups is 5. The molecule has 11 nitrogen and oxygen atoms in total. The summed E-state index contributed by atoms with van der Waals surface area (Å²) in [6, 6.07) is 0. The molecule has 0 aliphatic carbocycles. The summed E-state index contributed by atoms with van der Waals surface area (Å²) in [5.74, 6) is -6.73. The van der Waals surface area contributed by atoms with Gasteiger partial charge in [0.05, 0.1) is 40.4 Å². The number of esters is 3. The molecule has 0 fully saturated rings. The molecule has 27 heavy (non-hydrogen) atoms. The Bertz CT molecular complexity index is 586. The number of likely N-dealkylation sites (N-methyl/N-ethyl adjacent to an activating group) is 1. The molecule has 0 saturated carbocycles. The molecular weight excluding hydrogens is 394 g/mol. The van der Waals surface area contributed by atoms with Crippen molar-refractivity contribution in [2.75, 3.05) is 27.7 Å². The second-order valence-electron chi connectivity index (χ2n) is 6.84. The van der Waals surface area contributed by atoms with Crippen LogP contribution in [0, 0.1) is 0 Å². The molecule has 0 amide bonds. The maximum absolute atomic E-state index is 11.8. The third kappa shape index (κ3) is 12.7. The van der Waals surface area contributed by atoms with Crippen molar-refractivity contribution in [2.45, 2.75) is 37.9 Å². The third-order valence-electron chi connectivity index (χ3n) is 2.98. The standard InChI is InChI=1S/C15H23NO10.Ca.2H/c1-9(17)25-10(8-16(2,3)4)5-12(20)26-13(21)7-15(24,14(22)23)6-11(18)19;;;/h10,24H,5-8H2,1-4H3,(H-,18,19,22,23);;;/p+1/t10-,15?;;;/m1.../s1. The first kappa shape index (κ1) is 27.9. The molecular formula is C15H26CaNO10+. The van der Waals surface area contributed by atoms with Gasteiger partial charge in [-0.25, -0.2) is 4.79 Å². The number of aliphatic carboxylic acids is 2. The number of carbonyl (C=O) groups excluding carboxylic acids is 3. The Morgan fingerprint density at radius 1 is 1.00 bits per heavy atom. The van der Waals surface area contributed by atoms with Gasteiger partial charge < -0.3 is 29.3 Å². The zero-order valence-electron chi connectivity index (χ0n) is 15.1. The van der Waals surface area contributed by atoms with Gasteiger partial charge in [0.1, 0.15) is 6.54 Å². The van der Waals surface area contributed by atoms with E-state index in [1.807, 2.05) is 0 Å². The van der Waals surface area contributed by atoms with E-state index in [2.05, 4.69) is 4.74 Å². The summed E-state index contributed by atoms with van der Waals surface area (Å²) in [6.45, 7) is 1.39. The van der Waals surface area contributed by atoms with Crippen molar-refractivity contribution in [2.24, 2.45) is 0 Å². The first-order valence-corrected chi connectivity index (χ1v) is 7.53. The monoisotopic (exact) mass is 420 g/mol. The maximum atomic E-state index is 11.8. The fourth-order valence-corrected chi connectivity index (χ4v) is 2.08. The molecule has 1 unspecified atom stereocenters. The van der Waals surface area contributed by atoms with E-state index < -0.39 is 60.8 Å². The Labute approximate surface area is 185 Å². The number of aliphatic hydroxyl groups is 1. The molecule has 0 saturated heterocycles. The molecule has 0 bridgehead atoms. The SMILES string of the molecule is CC(=O)O[C@H](CC(=O)OC(=O)CC(O)(CC(=O)O)C(=O)O)C[N+](C)(C)C.[CaH2]. The minimum absolute atomic E-state index is 0. The number of hydrogen-bond donors (Lipinski definition) is 3. The van der Waals surface area contributed by atoms with Crippen LogP contribution in [0.4, 0.5) is 0 Å². The van der Waals surface area contributed by atoms with Gasteiger partial charge in [-0.2, -0.15) is 0 Å². The number of nitrogens with zero attached hydrogens (tertiary/aromatic N) is 1. The fourth-order valence-electron chi connectivity index (χ4n) is 2.08. The average Bonchev–Trinajstić information content (AvgIpc) is 2.32. The van der Waals surface area contributed by atoms with E-state index in [1.165, 1.54) is 0 Å². The summed E-state index contributed by atoms with van der Waals surface area (Å²) in [6.07, 6.45) is -3.83. The van der Waals surface area contributed by atoms with E-state index in [4.69, 9.17) is 14.9 Å². The van der Waals surface area contributed by atoms with Crippen LogP contribution in [0.15, 0.2) is 0 Å². The predicted octanol–water partition coefficient (Wildman–Crippen LogP) is -2.15. The Hall–Kier alpha value is -1.27. The summed E-state index contributed by atoms with van der Waals surface area (Å²) in [4.78, 5) is 56.2. The number of ether oxygens (including phenoxy) is 2. The average molecular weight is 420 g/mol. The Balaban J connectivity index is 0. The molecule has 0 rings (SSSR count). The second-order valence-corrected chi connectivity index (χ2v) is 6.84. The van der Waals surface area contributed by atoms with Crippen LogP contribution >= 0.6 is 0 Å². The van der Waals surface area contributed by atoms with Crippen LogP contribution in [0.2, 0.25) is 0 Å². The van der Waals surface area contributed by atoms with Crippen molar-refractivity contribution in [3.8, 4) is 0 Å². The van der Waals surface area contributed by atoms with Crippen molar-refractivity contribution in [1.29, 1.82) is 0 Å². The summed E-state index contributed by atoms with van der Waals surface area (Å²) >= 11 is 0. The van der Waals surface area contributed by atoms with Crippen LogP contribution < -0.4 is 0 Å². The Morgan fingerprint density at radius 2 is 1.52 bits per heavy atom. The summed E-state index contributed by atoms with van der Waals surface area (Å²) < 4.78 is 9.74. The van der Waals surface area contributed by atoms with E-state index in [-0.39, 0.29) is 44.3 Å². The summed E-state index contributed by atoms with van der Waals surface area (Å²) in [5.41, 5.74) is -2.90. The van der Waals surface area contributed by atoms with Gasteiger partial charge in [0, 0.05) is 6.92 Å². The van der Waals surface area contributed by atoms with Crippen LogP contribution in [0.5, 0.6) is 0 Å². The molecule has 2 atom stereocenters. The molecule has 0 heterocycles. The second kappa shape index (κ2) is 11.5. The number of hydrogen-bond acceptors (Lipinski definition) is 8. The van der Waals surface area contributed by atoms with Gasteiger partial charge in [-0.05, 0) is 0 Å². The van der Waals surface area contributed by atoms with Crippen molar-refractivity contribution in [3.63, 3.8) is 0 Å². The molecule has 12 heteroatoms. The van der Waals surface area contributed by atoms with E-state index in [9.17, 15) is 29.1 Å². The van der Waals surface area contributed by atoms with E-state index in [0.717, 1.165) is 6.92 Å².